The van der Waals surface area contributed by atoms with Gasteiger partial charge in [-0.3, -0.25) is 4.79 Å². The minimum Gasteiger partial charge on any atom is -0.298 e. The second-order valence-electron chi connectivity index (χ2n) is 3.07. The molecule has 0 unspecified atom stereocenters. The third-order valence-corrected chi connectivity index (χ3v) is 1.95. The van der Waals surface area contributed by atoms with Crippen LogP contribution >= 0.6 is 0 Å². The fourth-order valence-corrected chi connectivity index (χ4v) is 1.32. The molecule has 0 fully saturated rings. The second-order valence-corrected chi connectivity index (χ2v) is 3.07. The van der Waals surface area contributed by atoms with Gasteiger partial charge in [-0.15, -0.1) is 0 Å². The van der Waals surface area contributed by atoms with Crippen LogP contribution in [0, 0.1) is 0 Å². The summed E-state index contributed by atoms with van der Waals surface area (Å²) in [6.07, 6.45) is 3.02. The quantitative estimate of drug-likeness (QED) is 0.470. The number of hydrogen-bond donors (Lipinski definition) is 0. The summed E-state index contributed by atoms with van der Waals surface area (Å²) in [7, 11) is 2.00. The lowest BCUT2D eigenvalue weighted by Crippen LogP contribution is -2.05. The molecular formula is C10H13BO. The highest BCUT2D eigenvalue weighted by atomic mass is 16.1. The third kappa shape index (κ3) is 1.97. The number of rotatable bonds is 3. The predicted octanol–water partition coefficient (Wildman–Crippen LogP) is 0.710. The fraction of sp³-hybridized carbons (Fsp3) is 0.300. The standard InChI is InChI=1S/C10H13BO/c1-2-3-8-4-5-10(11)6-9(8)7-12/h4-7H,2-3,11H2,1H3. The Hall–Kier alpha value is -1.05. The lowest BCUT2D eigenvalue weighted by molar-refractivity contribution is 0.112. The Morgan fingerprint density at radius 1 is 1.50 bits per heavy atom. The van der Waals surface area contributed by atoms with Crippen molar-refractivity contribution in [3.05, 3.63) is 29.3 Å². The molecule has 0 bridgehead atoms. The van der Waals surface area contributed by atoms with E-state index in [4.69, 9.17) is 0 Å². The van der Waals surface area contributed by atoms with Gasteiger partial charge >= 0.3 is 0 Å². The molecule has 1 rings (SSSR count). The van der Waals surface area contributed by atoms with Gasteiger partial charge in [-0.25, -0.2) is 0 Å². The zero-order valence-corrected chi connectivity index (χ0v) is 7.63. The van der Waals surface area contributed by atoms with Crippen molar-refractivity contribution in [3.8, 4) is 0 Å². The predicted molar refractivity (Wildman–Crippen MR) is 54.0 cm³/mol. The monoisotopic (exact) mass is 160 g/mol. The molecule has 1 aromatic carbocycles. The average Bonchev–Trinajstić information content (AvgIpc) is 2.08. The number of carbonyl (C=O) groups is 1. The van der Waals surface area contributed by atoms with Gasteiger partial charge < -0.3 is 0 Å². The summed E-state index contributed by atoms with van der Waals surface area (Å²) in [5.74, 6) is 0. The van der Waals surface area contributed by atoms with Crippen molar-refractivity contribution < 1.29 is 4.79 Å². The number of aryl methyl sites for hydroxylation is 1. The number of aldehydes is 1. The Bertz CT molecular complexity index is 281. The first kappa shape index (κ1) is 9.05. The molecule has 0 spiro atoms. The minimum absolute atomic E-state index is 0.844. The molecule has 1 nitrogen and oxygen atoms in total. The molecule has 0 radical (unpaired) electrons. The summed E-state index contributed by atoms with van der Waals surface area (Å²) < 4.78 is 0. The normalized spacial score (nSPS) is 9.75. The SMILES string of the molecule is Bc1ccc(CCC)c(C=O)c1. The molecule has 0 heterocycles. The molecule has 0 aliphatic carbocycles. The van der Waals surface area contributed by atoms with Gasteiger partial charge in [0.05, 0.1) is 0 Å². The van der Waals surface area contributed by atoms with E-state index in [0.717, 1.165) is 35.7 Å². The lowest BCUT2D eigenvalue weighted by atomic mass is 9.91. The van der Waals surface area contributed by atoms with Crippen LogP contribution in [0.5, 0.6) is 0 Å². The first-order chi connectivity index (χ1) is 5.77. The number of benzene rings is 1. The van der Waals surface area contributed by atoms with Crippen molar-refractivity contribution >= 4 is 19.6 Å². The van der Waals surface area contributed by atoms with Gasteiger partial charge in [-0.2, -0.15) is 0 Å². The summed E-state index contributed by atoms with van der Waals surface area (Å²) in [5.41, 5.74) is 3.16. The number of carbonyl (C=O) groups excluding carboxylic acids is 1. The fourth-order valence-electron chi connectivity index (χ4n) is 1.32. The highest BCUT2D eigenvalue weighted by molar-refractivity contribution is 6.32. The smallest absolute Gasteiger partial charge is 0.150 e. The average molecular weight is 160 g/mol. The molecule has 1 aromatic rings. The van der Waals surface area contributed by atoms with E-state index in [1.807, 2.05) is 20.0 Å². The van der Waals surface area contributed by atoms with Gasteiger partial charge in [0.15, 0.2) is 0 Å². The van der Waals surface area contributed by atoms with Crippen LogP contribution < -0.4 is 5.46 Å². The summed E-state index contributed by atoms with van der Waals surface area (Å²) in [5, 5.41) is 0. The Labute approximate surface area is 74.2 Å². The van der Waals surface area contributed by atoms with Crippen molar-refractivity contribution in [2.45, 2.75) is 19.8 Å². The van der Waals surface area contributed by atoms with E-state index >= 15 is 0 Å². The first-order valence-corrected chi connectivity index (χ1v) is 4.32. The van der Waals surface area contributed by atoms with Crippen LogP contribution in [0.1, 0.15) is 29.3 Å². The van der Waals surface area contributed by atoms with E-state index in [1.165, 1.54) is 0 Å². The van der Waals surface area contributed by atoms with Crippen LogP contribution in [0.3, 0.4) is 0 Å². The van der Waals surface area contributed by atoms with Gasteiger partial charge in [0.2, 0.25) is 0 Å². The largest absolute Gasteiger partial charge is 0.298 e. The maximum Gasteiger partial charge on any atom is 0.150 e. The second kappa shape index (κ2) is 4.10. The molecule has 0 aliphatic rings. The van der Waals surface area contributed by atoms with Crippen LogP contribution in [-0.2, 0) is 6.42 Å². The molecule has 0 aliphatic heterocycles. The minimum atomic E-state index is 0.844. The summed E-state index contributed by atoms with van der Waals surface area (Å²) in [4.78, 5) is 10.7. The molecule has 0 atom stereocenters. The van der Waals surface area contributed by atoms with Crippen LogP contribution in [-0.4, -0.2) is 14.1 Å². The van der Waals surface area contributed by atoms with Gasteiger partial charge in [0, 0.05) is 5.56 Å². The van der Waals surface area contributed by atoms with Crippen LogP contribution in [0.4, 0.5) is 0 Å². The lowest BCUT2D eigenvalue weighted by Gasteiger charge is -2.03. The van der Waals surface area contributed by atoms with E-state index < -0.39 is 0 Å². The Balaban J connectivity index is 3.02. The van der Waals surface area contributed by atoms with Gasteiger partial charge in [-0.1, -0.05) is 37.0 Å². The van der Waals surface area contributed by atoms with Crippen LogP contribution in [0.25, 0.3) is 0 Å². The Morgan fingerprint density at radius 3 is 2.83 bits per heavy atom. The third-order valence-electron chi connectivity index (χ3n) is 1.95. The van der Waals surface area contributed by atoms with Crippen LogP contribution in [0.2, 0.25) is 0 Å². The molecule has 2 heteroatoms. The summed E-state index contributed by atoms with van der Waals surface area (Å²) in [6, 6.07) is 6.04. The van der Waals surface area contributed by atoms with Crippen molar-refractivity contribution in [1.29, 1.82) is 0 Å². The van der Waals surface area contributed by atoms with E-state index in [2.05, 4.69) is 13.0 Å². The zero-order chi connectivity index (χ0) is 8.97. The van der Waals surface area contributed by atoms with Crippen LogP contribution in [0.15, 0.2) is 18.2 Å². The van der Waals surface area contributed by atoms with Gasteiger partial charge in [0.25, 0.3) is 0 Å². The van der Waals surface area contributed by atoms with Crippen molar-refractivity contribution in [2.75, 3.05) is 0 Å². The van der Waals surface area contributed by atoms with Gasteiger partial charge in [-0.05, 0) is 12.0 Å². The maximum atomic E-state index is 10.7. The molecule has 62 valence electrons. The Morgan fingerprint density at radius 2 is 2.25 bits per heavy atom. The maximum absolute atomic E-state index is 10.7. The molecule has 12 heavy (non-hydrogen) atoms. The van der Waals surface area contributed by atoms with Crippen molar-refractivity contribution in [3.63, 3.8) is 0 Å². The highest BCUT2D eigenvalue weighted by Crippen LogP contribution is 2.06. The molecule has 0 amide bonds. The molecule has 0 aromatic heterocycles. The van der Waals surface area contributed by atoms with E-state index in [-0.39, 0.29) is 0 Å². The Kier molecular flexibility index (Phi) is 3.09. The molecule has 0 N–H and O–H groups in total. The topological polar surface area (TPSA) is 17.1 Å². The van der Waals surface area contributed by atoms with E-state index in [0.29, 0.717) is 0 Å². The number of hydrogen-bond acceptors (Lipinski definition) is 1. The van der Waals surface area contributed by atoms with Gasteiger partial charge in [0.1, 0.15) is 14.1 Å². The zero-order valence-electron chi connectivity index (χ0n) is 7.63. The van der Waals surface area contributed by atoms with E-state index in [1.54, 1.807) is 0 Å². The van der Waals surface area contributed by atoms with E-state index in [9.17, 15) is 4.79 Å². The highest BCUT2D eigenvalue weighted by Gasteiger charge is 1.99. The van der Waals surface area contributed by atoms with Crippen molar-refractivity contribution in [2.24, 2.45) is 0 Å². The molecule has 0 saturated carbocycles. The summed E-state index contributed by atoms with van der Waals surface area (Å²) >= 11 is 0. The summed E-state index contributed by atoms with van der Waals surface area (Å²) in [6.45, 7) is 2.12. The molecule has 0 saturated heterocycles. The molecular weight excluding hydrogens is 147 g/mol. The van der Waals surface area contributed by atoms with Crippen molar-refractivity contribution in [1.82, 2.24) is 0 Å². The first-order valence-electron chi connectivity index (χ1n) is 4.32.